The molecular weight excluding hydrogens is 288 g/mol. The summed E-state index contributed by atoms with van der Waals surface area (Å²) in [5.74, 6) is 0.00219. The van der Waals surface area contributed by atoms with Gasteiger partial charge in [-0.2, -0.15) is 5.10 Å². The van der Waals surface area contributed by atoms with Crippen molar-refractivity contribution in [2.45, 2.75) is 6.42 Å². The van der Waals surface area contributed by atoms with Crippen molar-refractivity contribution in [1.29, 1.82) is 0 Å². The smallest absolute Gasteiger partial charge is 0.257 e. The van der Waals surface area contributed by atoms with E-state index in [-0.39, 0.29) is 5.91 Å². The first-order valence-electron chi connectivity index (χ1n) is 7.05. The lowest BCUT2D eigenvalue weighted by Gasteiger charge is -2.19. The lowest BCUT2D eigenvalue weighted by atomic mass is 10.1. The van der Waals surface area contributed by atoms with Crippen molar-refractivity contribution in [3.8, 4) is 11.3 Å². The standard InChI is InChI=1S/C15H17ClN4O/c16-13-5-2-1-4-11(13)14-12(10-18-19-14)15(21)20-8-3-6-17-7-9-20/h1-2,4-5,10,17H,3,6-9H2,(H,18,19). The van der Waals surface area contributed by atoms with E-state index in [9.17, 15) is 4.79 Å². The van der Waals surface area contributed by atoms with E-state index in [1.807, 2.05) is 29.2 Å². The molecule has 1 aromatic carbocycles. The van der Waals surface area contributed by atoms with Crippen LogP contribution in [0.3, 0.4) is 0 Å². The molecule has 0 saturated carbocycles. The predicted molar refractivity (Wildman–Crippen MR) is 82.4 cm³/mol. The first-order valence-corrected chi connectivity index (χ1v) is 7.43. The fourth-order valence-corrected chi connectivity index (χ4v) is 2.77. The zero-order valence-corrected chi connectivity index (χ0v) is 12.4. The minimum atomic E-state index is 0.00219. The second-order valence-electron chi connectivity index (χ2n) is 5.03. The quantitative estimate of drug-likeness (QED) is 0.894. The maximum Gasteiger partial charge on any atom is 0.257 e. The molecule has 1 aliphatic rings. The number of benzene rings is 1. The predicted octanol–water partition coefficient (Wildman–Crippen LogP) is 2.17. The van der Waals surface area contributed by atoms with Crippen LogP contribution in [0.1, 0.15) is 16.8 Å². The van der Waals surface area contributed by atoms with E-state index in [1.54, 1.807) is 6.20 Å². The van der Waals surface area contributed by atoms with Gasteiger partial charge < -0.3 is 10.2 Å². The Balaban J connectivity index is 1.91. The molecule has 0 radical (unpaired) electrons. The number of carbonyl (C=O) groups is 1. The summed E-state index contributed by atoms with van der Waals surface area (Å²) in [6.07, 6.45) is 2.55. The van der Waals surface area contributed by atoms with E-state index in [2.05, 4.69) is 15.5 Å². The molecule has 2 N–H and O–H groups in total. The Labute approximate surface area is 128 Å². The van der Waals surface area contributed by atoms with Crippen molar-refractivity contribution in [1.82, 2.24) is 20.4 Å². The average molecular weight is 305 g/mol. The summed E-state index contributed by atoms with van der Waals surface area (Å²) in [5, 5.41) is 10.8. The van der Waals surface area contributed by atoms with Crippen LogP contribution in [0.25, 0.3) is 11.3 Å². The normalized spacial score (nSPS) is 15.8. The second-order valence-corrected chi connectivity index (χ2v) is 5.44. The molecule has 1 aromatic heterocycles. The van der Waals surface area contributed by atoms with Crippen LogP contribution < -0.4 is 5.32 Å². The van der Waals surface area contributed by atoms with Crippen LogP contribution in [0, 0.1) is 0 Å². The van der Waals surface area contributed by atoms with E-state index in [4.69, 9.17) is 11.6 Å². The molecule has 110 valence electrons. The Morgan fingerprint density at radius 2 is 2.10 bits per heavy atom. The van der Waals surface area contributed by atoms with Crippen LogP contribution in [0.2, 0.25) is 5.02 Å². The van der Waals surface area contributed by atoms with Gasteiger partial charge in [0, 0.05) is 30.2 Å². The van der Waals surface area contributed by atoms with Gasteiger partial charge in [0.25, 0.3) is 5.91 Å². The largest absolute Gasteiger partial charge is 0.337 e. The fourth-order valence-electron chi connectivity index (χ4n) is 2.54. The van der Waals surface area contributed by atoms with E-state index >= 15 is 0 Å². The summed E-state index contributed by atoms with van der Waals surface area (Å²) in [6, 6.07) is 7.45. The van der Waals surface area contributed by atoms with Gasteiger partial charge in [-0.15, -0.1) is 0 Å². The zero-order chi connectivity index (χ0) is 14.7. The Hall–Kier alpha value is -1.85. The summed E-state index contributed by atoms with van der Waals surface area (Å²) in [6.45, 7) is 3.25. The number of aromatic amines is 1. The molecule has 3 rings (SSSR count). The zero-order valence-electron chi connectivity index (χ0n) is 11.6. The third-order valence-electron chi connectivity index (χ3n) is 3.64. The lowest BCUT2D eigenvalue weighted by molar-refractivity contribution is 0.0767. The molecule has 1 saturated heterocycles. The summed E-state index contributed by atoms with van der Waals surface area (Å²) >= 11 is 6.22. The minimum absolute atomic E-state index is 0.00219. The first-order chi connectivity index (χ1) is 10.3. The molecule has 6 heteroatoms. The molecule has 0 aliphatic carbocycles. The number of hydrogen-bond donors (Lipinski definition) is 2. The van der Waals surface area contributed by atoms with Gasteiger partial charge in [0.05, 0.1) is 17.5 Å². The molecule has 1 aliphatic heterocycles. The highest BCUT2D eigenvalue weighted by molar-refractivity contribution is 6.33. The molecule has 1 amide bonds. The summed E-state index contributed by atoms with van der Waals surface area (Å²) < 4.78 is 0. The van der Waals surface area contributed by atoms with E-state index in [0.29, 0.717) is 22.8 Å². The highest BCUT2D eigenvalue weighted by Gasteiger charge is 2.22. The minimum Gasteiger partial charge on any atom is -0.337 e. The highest BCUT2D eigenvalue weighted by Crippen LogP contribution is 2.29. The second kappa shape index (κ2) is 6.28. The Morgan fingerprint density at radius 3 is 2.95 bits per heavy atom. The van der Waals surface area contributed by atoms with Crippen molar-refractivity contribution in [3.63, 3.8) is 0 Å². The lowest BCUT2D eigenvalue weighted by Crippen LogP contribution is -2.34. The molecule has 0 atom stereocenters. The number of nitrogens with zero attached hydrogens (tertiary/aromatic N) is 2. The molecule has 21 heavy (non-hydrogen) atoms. The summed E-state index contributed by atoms with van der Waals surface area (Å²) in [5.41, 5.74) is 2.06. The molecular formula is C15H17ClN4O. The number of nitrogens with one attached hydrogen (secondary N) is 2. The van der Waals surface area contributed by atoms with Crippen molar-refractivity contribution < 1.29 is 4.79 Å². The average Bonchev–Trinajstić information content (AvgIpc) is 2.81. The number of hydrogen-bond acceptors (Lipinski definition) is 3. The SMILES string of the molecule is O=C(c1cn[nH]c1-c1ccccc1Cl)N1CCCNCC1. The van der Waals surface area contributed by atoms with Crippen molar-refractivity contribution >= 4 is 17.5 Å². The van der Waals surface area contributed by atoms with Gasteiger partial charge in [0.1, 0.15) is 0 Å². The maximum absolute atomic E-state index is 12.7. The molecule has 1 fully saturated rings. The van der Waals surface area contributed by atoms with Crippen LogP contribution in [-0.4, -0.2) is 47.2 Å². The Kier molecular flexibility index (Phi) is 4.22. The summed E-state index contributed by atoms with van der Waals surface area (Å²) in [7, 11) is 0. The van der Waals surface area contributed by atoms with Gasteiger partial charge in [-0.1, -0.05) is 29.8 Å². The van der Waals surface area contributed by atoms with Gasteiger partial charge >= 0.3 is 0 Å². The van der Waals surface area contributed by atoms with Crippen molar-refractivity contribution in [3.05, 3.63) is 41.0 Å². The number of aromatic nitrogens is 2. The summed E-state index contributed by atoms with van der Waals surface area (Å²) in [4.78, 5) is 14.6. The van der Waals surface area contributed by atoms with Crippen LogP contribution in [0.4, 0.5) is 0 Å². The van der Waals surface area contributed by atoms with Gasteiger partial charge in [-0.05, 0) is 19.0 Å². The number of amides is 1. The third kappa shape index (κ3) is 2.94. The number of halogens is 1. The topological polar surface area (TPSA) is 61.0 Å². The van der Waals surface area contributed by atoms with E-state index in [0.717, 1.165) is 31.6 Å². The van der Waals surface area contributed by atoms with Crippen LogP contribution in [0.5, 0.6) is 0 Å². The number of carbonyl (C=O) groups excluding carboxylic acids is 1. The Morgan fingerprint density at radius 1 is 1.24 bits per heavy atom. The van der Waals surface area contributed by atoms with Crippen LogP contribution >= 0.6 is 11.6 Å². The number of H-pyrrole nitrogens is 1. The molecule has 0 spiro atoms. The Bertz CT molecular complexity index is 632. The third-order valence-corrected chi connectivity index (χ3v) is 3.97. The van der Waals surface area contributed by atoms with Gasteiger partial charge in [0.2, 0.25) is 0 Å². The van der Waals surface area contributed by atoms with Gasteiger partial charge in [-0.3, -0.25) is 9.89 Å². The van der Waals surface area contributed by atoms with Crippen molar-refractivity contribution in [2.24, 2.45) is 0 Å². The molecule has 0 unspecified atom stereocenters. The molecule has 0 bridgehead atoms. The molecule has 2 heterocycles. The fraction of sp³-hybridized carbons (Fsp3) is 0.333. The van der Waals surface area contributed by atoms with E-state index < -0.39 is 0 Å². The first kappa shape index (κ1) is 14.1. The highest BCUT2D eigenvalue weighted by atomic mass is 35.5. The maximum atomic E-state index is 12.7. The van der Waals surface area contributed by atoms with Crippen LogP contribution in [-0.2, 0) is 0 Å². The van der Waals surface area contributed by atoms with Gasteiger partial charge in [-0.25, -0.2) is 0 Å². The molecule has 5 nitrogen and oxygen atoms in total. The van der Waals surface area contributed by atoms with Gasteiger partial charge in [0.15, 0.2) is 0 Å². The van der Waals surface area contributed by atoms with Crippen LogP contribution in [0.15, 0.2) is 30.5 Å². The number of rotatable bonds is 2. The van der Waals surface area contributed by atoms with E-state index in [1.165, 1.54) is 0 Å². The van der Waals surface area contributed by atoms with Crippen molar-refractivity contribution in [2.75, 3.05) is 26.2 Å². The monoisotopic (exact) mass is 304 g/mol. The molecule has 2 aromatic rings.